The van der Waals surface area contributed by atoms with Crippen molar-refractivity contribution in [3.63, 3.8) is 0 Å². The van der Waals surface area contributed by atoms with Crippen molar-refractivity contribution in [2.45, 2.75) is 31.7 Å². The molecule has 0 bridgehead atoms. The molecule has 2 saturated heterocycles. The normalized spacial score (nSPS) is 26.0. The predicted molar refractivity (Wildman–Crippen MR) is 57.5 cm³/mol. The summed E-state index contributed by atoms with van der Waals surface area (Å²) in [6, 6.07) is -0.166. The third-order valence-electron chi connectivity index (χ3n) is 3.27. The molecular weight excluding hydrogens is 192 g/mol. The van der Waals surface area contributed by atoms with Gasteiger partial charge in [-0.3, -0.25) is 10.2 Å². The minimum atomic E-state index is -0.166. The van der Waals surface area contributed by atoms with Gasteiger partial charge in [0, 0.05) is 19.6 Å². The average Bonchev–Trinajstić information content (AvgIpc) is 2.88. The number of rotatable bonds is 1. The molecule has 0 spiro atoms. The number of carbonyl (C=O) groups is 1. The number of hydrogen-bond acceptors (Lipinski definition) is 2. The van der Waals surface area contributed by atoms with E-state index in [0.717, 1.165) is 45.3 Å². The van der Waals surface area contributed by atoms with Gasteiger partial charge in [-0.1, -0.05) is 0 Å². The molecule has 15 heavy (non-hydrogen) atoms. The maximum absolute atomic E-state index is 12.1. The van der Waals surface area contributed by atoms with Crippen molar-refractivity contribution in [3.05, 3.63) is 0 Å². The van der Waals surface area contributed by atoms with Gasteiger partial charge < -0.3 is 15.5 Å². The fraction of sp³-hybridized carbons (Fsp3) is 0.800. The van der Waals surface area contributed by atoms with Crippen LogP contribution in [0.25, 0.3) is 0 Å². The standard InChI is InChI=1S/C10H18N4O/c11-10(12)14-7-3-4-8(14)9(15)13-5-1-2-6-13/h8H,1-7H2,(H3,11,12). The Bertz CT molecular complexity index is 273. The van der Waals surface area contributed by atoms with Gasteiger partial charge in [0.2, 0.25) is 5.91 Å². The first kappa shape index (κ1) is 10.3. The lowest BCUT2D eigenvalue weighted by Crippen LogP contribution is -2.49. The second-order valence-corrected chi connectivity index (χ2v) is 4.27. The molecule has 5 nitrogen and oxygen atoms in total. The second-order valence-electron chi connectivity index (χ2n) is 4.27. The largest absolute Gasteiger partial charge is 0.370 e. The molecule has 0 aliphatic carbocycles. The zero-order valence-corrected chi connectivity index (χ0v) is 8.91. The van der Waals surface area contributed by atoms with Crippen molar-refractivity contribution < 1.29 is 4.79 Å². The van der Waals surface area contributed by atoms with Crippen molar-refractivity contribution in [2.24, 2.45) is 5.73 Å². The molecule has 5 heteroatoms. The van der Waals surface area contributed by atoms with E-state index in [1.807, 2.05) is 4.90 Å². The third-order valence-corrected chi connectivity index (χ3v) is 3.27. The lowest BCUT2D eigenvalue weighted by atomic mass is 10.2. The summed E-state index contributed by atoms with van der Waals surface area (Å²) in [6.07, 6.45) is 4.02. The van der Waals surface area contributed by atoms with Crippen molar-refractivity contribution in [2.75, 3.05) is 19.6 Å². The Balaban J connectivity index is 2.02. The number of likely N-dealkylation sites (tertiary alicyclic amines) is 2. The number of nitrogens with two attached hydrogens (primary N) is 1. The van der Waals surface area contributed by atoms with Gasteiger partial charge in [-0.05, 0) is 25.7 Å². The smallest absolute Gasteiger partial charge is 0.245 e. The lowest BCUT2D eigenvalue weighted by molar-refractivity contribution is -0.133. The van der Waals surface area contributed by atoms with E-state index in [9.17, 15) is 4.79 Å². The zero-order valence-electron chi connectivity index (χ0n) is 8.91. The molecule has 2 rings (SSSR count). The summed E-state index contributed by atoms with van der Waals surface area (Å²) in [4.78, 5) is 15.7. The summed E-state index contributed by atoms with van der Waals surface area (Å²) >= 11 is 0. The van der Waals surface area contributed by atoms with Crippen LogP contribution in [0.2, 0.25) is 0 Å². The highest BCUT2D eigenvalue weighted by Crippen LogP contribution is 2.20. The van der Waals surface area contributed by atoms with Crippen LogP contribution in [-0.2, 0) is 4.79 Å². The first-order valence-electron chi connectivity index (χ1n) is 5.59. The Morgan fingerprint density at radius 2 is 1.87 bits per heavy atom. The molecule has 0 aromatic heterocycles. The van der Waals surface area contributed by atoms with Crippen LogP contribution < -0.4 is 5.73 Å². The maximum Gasteiger partial charge on any atom is 0.245 e. The first-order chi connectivity index (χ1) is 7.20. The Morgan fingerprint density at radius 3 is 2.47 bits per heavy atom. The van der Waals surface area contributed by atoms with Crippen LogP contribution >= 0.6 is 0 Å². The van der Waals surface area contributed by atoms with Crippen LogP contribution in [0.3, 0.4) is 0 Å². The summed E-state index contributed by atoms with van der Waals surface area (Å²) < 4.78 is 0. The average molecular weight is 210 g/mol. The van der Waals surface area contributed by atoms with Gasteiger partial charge in [-0.2, -0.15) is 0 Å². The highest BCUT2D eigenvalue weighted by molar-refractivity contribution is 5.88. The van der Waals surface area contributed by atoms with E-state index in [-0.39, 0.29) is 17.9 Å². The van der Waals surface area contributed by atoms with Gasteiger partial charge in [0.15, 0.2) is 5.96 Å². The van der Waals surface area contributed by atoms with Gasteiger partial charge in [0.05, 0.1) is 0 Å². The van der Waals surface area contributed by atoms with E-state index in [0.29, 0.717) is 0 Å². The number of nitrogens with zero attached hydrogens (tertiary/aromatic N) is 2. The van der Waals surface area contributed by atoms with Crippen LogP contribution in [0.5, 0.6) is 0 Å². The van der Waals surface area contributed by atoms with Gasteiger partial charge in [-0.15, -0.1) is 0 Å². The topological polar surface area (TPSA) is 73.4 Å². The molecular formula is C10H18N4O. The van der Waals surface area contributed by atoms with E-state index in [1.54, 1.807) is 4.90 Å². The molecule has 2 aliphatic heterocycles. The molecule has 1 unspecified atom stereocenters. The molecule has 2 fully saturated rings. The number of carbonyl (C=O) groups excluding carboxylic acids is 1. The monoisotopic (exact) mass is 210 g/mol. The van der Waals surface area contributed by atoms with Crippen LogP contribution in [0.15, 0.2) is 0 Å². The molecule has 0 radical (unpaired) electrons. The fourth-order valence-electron chi connectivity index (χ4n) is 2.46. The number of amides is 1. The molecule has 1 atom stereocenters. The van der Waals surface area contributed by atoms with E-state index in [1.165, 1.54) is 0 Å². The van der Waals surface area contributed by atoms with Crippen LogP contribution in [0.1, 0.15) is 25.7 Å². The lowest BCUT2D eigenvalue weighted by Gasteiger charge is -2.27. The first-order valence-corrected chi connectivity index (χ1v) is 5.59. The SMILES string of the molecule is N=C(N)N1CCCC1C(=O)N1CCCC1. The molecule has 2 heterocycles. The van der Waals surface area contributed by atoms with E-state index in [4.69, 9.17) is 11.1 Å². The summed E-state index contributed by atoms with van der Waals surface area (Å²) in [5, 5.41) is 7.42. The Labute approximate surface area is 89.7 Å². The van der Waals surface area contributed by atoms with E-state index < -0.39 is 0 Å². The van der Waals surface area contributed by atoms with Crippen molar-refractivity contribution in [3.8, 4) is 0 Å². The quantitative estimate of drug-likeness (QED) is 0.471. The highest BCUT2D eigenvalue weighted by atomic mass is 16.2. The van der Waals surface area contributed by atoms with Gasteiger partial charge in [-0.25, -0.2) is 0 Å². The number of hydrogen-bond donors (Lipinski definition) is 2. The summed E-state index contributed by atoms with van der Waals surface area (Å²) in [6.45, 7) is 2.50. The number of guanidine groups is 1. The van der Waals surface area contributed by atoms with Gasteiger partial charge in [0.25, 0.3) is 0 Å². The molecule has 0 aromatic rings. The molecule has 0 saturated carbocycles. The fourth-order valence-corrected chi connectivity index (χ4v) is 2.46. The van der Waals surface area contributed by atoms with Crippen molar-refractivity contribution in [1.82, 2.24) is 9.80 Å². The van der Waals surface area contributed by atoms with Gasteiger partial charge >= 0.3 is 0 Å². The molecule has 84 valence electrons. The summed E-state index contributed by atoms with van der Waals surface area (Å²) in [5.41, 5.74) is 5.46. The summed E-state index contributed by atoms with van der Waals surface area (Å²) in [7, 11) is 0. The van der Waals surface area contributed by atoms with E-state index >= 15 is 0 Å². The Kier molecular flexibility index (Phi) is 2.79. The Hall–Kier alpha value is -1.26. The van der Waals surface area contributed by atoms with Crippen LogP contribution in [0, 0.1) is 5.41 Å². The van der Waals surface area contributed by atoms with Gasteiger partial charge in [0.1, 0.15) is 6.04 Å². The minimum Gasteiger partial charge on any atom is -0.370 e. The minimum absolute atomic E-state index is 0.0325. The predicted octanol–water partition coefficient (Wildman–Crippen LogP) is -0.0333. The van der Waals surface area contributed by atoms with Crippen molar-refractivity contribution in [1.29, 1.82) is 5.41 Å². The maximum atomic E-state index is 12.1. The third kappa shape index (κ3) is 1.91. The van der Waals surface area contributed by atoms with Crippen molar-refractivity contribution >= 4 is 11.9 Å². The van der Waals surface area contributed by atoms with E-state index in [2.05, 4.69) is 0 Å². The molecule has 3 N–H and O–H groups in total. The molecule has 0 aromatic carbocycles. The zero-order chi connectivity index (χ0) is 10.8. The second kappa shape index (κ2) is 4.08. The van der Waals surface area contributed by atoms with Crippen LogP contribution in [0.4, 0.5) is 0 Å². The molecule has 2 aliphatic rings. The Morgan fingerprint density at radius 1 is 1.20 bits per heavy atom. The number of nitrogens with one attached hydrogen (secondary N) is 1. The summed E-state index contributed by atoms with van der Waals surface area (Å²) in [5.74, 6) is 0.199. The molecule has 1 amide bonds. The van der Waals surface area contributed by atoms with Crippen LogP contribution in [-0.4, -0.2) is 47.3 Å². The highest BCUT2D eigenvalue weighted by Gasteiger charge is 2.35.